The molecule has 2 aliphatic rings. The highest BCUT2D eigenvalue weighted by Crippen LogP contribution is 2.38. The van der Waals surface area contributed by atoms with Crippen molar-refractivity contribution in [3.8, 4) is 0 Å². The molecule has 0 saturated heterocycles. The first-order valence-corrected chi connectivity index (χ1v) is 9.19. The Morgan fingerprint density at radius 3 is 2.30 bits per heavy atom. The largest absolute Gasteiger partial charge is 0.329 e. The van der Waals surface area contributed by atoms with Gasteiger partial charge in [0.15, 0.2) is 0 Å². The molecule has 2 N–H and O–H groups in total. The summed E-state index contributed by atoms with van der Waals surface area (Å²) >= 11 is 0. The van der Waals surface area contributed by atoms with Crippen LogP contribution < -0.4 is 5.73 Å². The van der Waals surface area contributed by atoms with Crippen LogP contribution >= 0.6 is 0 Å². The van der Waals surface area contributed by atoms with E-state index in [-0.39, 0.29) is 0 Å². The molecule has 0 spiro atoms. The molecule has 20 heavy (non-hydrogen) atoms. The minimum Gasteiger partial charge on any atom is -0.329 e. The summed E-state index contributed by atoms with van der Waals surface area (Å²) in [6, 6.07) is 0. The summed E-state index contributed by atoms with van der Waals surface area (Å²) in [5.41, 5.74) is 6.62. The molecule has 0 aromatic heterocycles. The van der Waals surface area contributed by atoms with Crippen molar-refractivity contribution in [3.63, 3.8) is 0 Å². The van der Waals surface area contributed by atoms with Crippen LogP contribution in [0.15, 0.2) is 0 Å². The SMILES string of the molecule is CCCC1CCCC(CN)(N(CC)CC2CCC2)CC1. The zero-order valence-corrected chi connectivity index (χ0v) is 13.9. The number of hydrogen-bond acceptors (Lipinski definition) is 2. The zero-order chi connectivity index (χ0) is 14.4. The molecule has 2 nitrogen and oxygen atoms in total. The molecule has 0 aliphatic heterocycles. The van der Waals surface area contributed by atoms with Crippen LogP contribution in [-0.2, 0) is 0 Å². The molecule has 0 bridgehead atoms. The standard InChI is InChI=1S/C18H36N2/c1-3-7-16-10-6-12-18(15-19,13-11-16)20(4-2)14-17-8-5-9-17/h16-17H,3-15,19H2,1-2H3. The van der Waals surface area contributed by atoms with E-state index < -0.39 is 0 Å². The summed E-state index contributed by atoms with van der Waals surface area (Å²) in [7, 11) is 0. The van der Waals surface area contributed by atoms with E-state index in [2.05, 4.69) is 18.7 Å². The molecule has 118 valence electrons. The van der Waals surface area contributed by atoms with E-state index in [9.17, 15) is 0 Å². The fourth-order valence-electron chi connectivity index (χ4n) is 4.45. The van der Waals surface area contributed by atoms with Gasteiger partial charge in [0.1, 0.15) is 0 Å². The second-order valence-corrected chi connectivity index (χ2v) is 7.35. The Morgan fingerprint density at radius 1 is 1.00 bits per heavy atom. The molecule has 2 atom stereocenters. The highest BCUT2D eigenvalue weighted by Gasteiger charge is 2.38. The maximum atomic E-state index is 6.30. The lowest BCUT2D eigenvalue weighted by atomic mass is 9.81. The van der Waals surface area contributed by atoms with Crippen LogP contribution in [0.3, 0.4) is 0 Å². The second-order valence-electron chi connectivity index (χ2n) is 7.35. The van der Waals surface area contributed by atoms with Crippen LogP contribution in [0.5, 0.6) is 0 Å². The average Bonchev–Trinajstić information content (AvgIpc) is 2.62. The monoisotopic (exact) mass is 280 g/mol. The van der Waals surface area contributed by atoms with Crippen molar-refractivity contribution in [1.82, 2.24) is 4.90 Å². The summed E-state index contributed by atoms with van der Waals surface area (Å²) in [4.78, 5) is 2.77. The summed E-state index contributed by atoms with van der Waals surface area (Å²) in [5.74, 6) is 1.93. The third-order valence-corrected chi connectivity index (χ3v) is 6.11. The van der Waals surface area contributed by atoms with Gasteiger partial charge in [-0.05, 0) is 50.5 Å². The van der Waals surface area contributed by atoms with Gasteiger partial charge in [0.2, 0.25) is 0 Å². The Hall–Kier alpha value is -0.0800. The summed E-state index contributed by atoms with van der Waals surface area (Å²) < 4.78 is 0. The van der Waals surface area contributed by atoms with Gasteiger partial charge in [-0.3, -0.25) is 4.90 Å². The highest BCUT2D eigenvalue weighted by molar-refractivity contribution is 4.95. The number of hydrogen-bond donors (Lipinski definition) is 1. The fourth-order valence-corrected chi connectivity index (χ4v) is 4.45. The highest BCUT2D eigenvalue weighted by atomic mass is 15.2. The van der Waals surface area contributed by atoms with Crippen molar-refractivity contribution in [3.05, 3.63) is 0 Å². The Bertz CT molecular complexity index is 275. The van der Waals surface area contributed by atoms with Crippen molar-refractivity contribution >= 4 is 0 Å². The lowest BCUT2D eigenvalue weighted by Crippen LogP contribution is -2.55. The van der Waals surface area contributed by atoms with Crippen LogP contribution in [-0.4, -0.2) is 30.1 Å². The van der Waals surface area contributed by atoms with Crippen LogP contribution in [0.2, 0.25) is 0 Å². The third kappa shape index (κ3) is 3.76. The maximum absolute atomic E-state index is 6.30. The summed E-state index contributed by atoms with van der Waals surface area (Å²) in [6.07, 6.45) is 14.1. The molecule has 0 aromatic rings. The molecule has 2 aliphatic carbocycles. The molecule has 2 rings (SSSR count). The van der Waals surface area contributed by atoms with E-state index in [1.54, 1.807) is 0 Å². The third-order valence-electron chi connectivity index (χ3n) is 6.11. The second kappa shape index (κ2) is 7.79. The van der Waals surface area contributed by atoms with Crippen molar-refractivity contribution in [2.75, 3.05) is 19.6 Å². The van der Waals surface area contributed by atoms with E-state index >= 15 is 0 Å². The Morgan fingerprint density at radius 2 is 1.75 bits per heavy atom. The molecule has 2 saturated carbocycles. The Kier molecular flexibility index (Phi) is 6.35. The van der Waals surface area contributed by atoms with Gasteiger partial charge in [0.25, 0.3) is 0 Å². The van der Waals surface area contributed by atoms with Gasteiger partial charge in [-0.2, -0.15) is 0 Å². The topological polar surface area (TPSA) is 29.3 Å². The van der Waals surface area contributed by atoms with Gasteiger partial charge in [0, 0.05) is 18.6 Å². The minimum absolute atomic E-state index is 0.326. The first-order valence-electron chi connectivity index (χ1n) is 9.19. The van der Waals surface area contributed by atoms with Gasteiger partial charge < -0.3 is 5.73 Å². The summed E-state index contributed by atoms with van der Waals surface area (Å²) in [6.45, 7) is 8.03. The number of nitrogens with zero attached hydrogens (tertiary/aromatic N) is 1. The molecule has 0 aromatic carbocycles. The first kappa shape index (κ1) is 16.3. The smallest absolute Gasteiger partial charge is 0.0331 e. The predicted octanol–water partition coefficient (Wildman–Crippen LogP) is 4.19. The van der Waals surface area contributed by atoms with Crippen molar-refractivity contribution in [1.29, 1.82) is 0 Å². The Labute approximate surface area is 126 Å². The van der Waals surface area contributed by atoms with E-state index in [1.165, 1.54) is 77.3 Å². The van der Waals surface area contributed by atoms with Gasteiger partial charge in [-0.1, -0.05) is 46.0 Å². The van der Waals surface area contributed by atoms with Gasteiger partial charge in [0.05, 0.1) is 0 Å². The fraction of sp³-hybridized carbons (Fsp3) is 1.00. The Balaban J connectivity index is 1.98. The maximum Gasteiger partial charge on any atom is 0.0331 e. The van der Waals surface area contributed by atoms with E-state index in [1.807, 2.05) is 0 Å². The predicted molar refractivity (Wildman–Crippen MR) is 87.9 cm³/mol. The number of rotatable bonds is 7. The van der Waals surface area contributed by atoms with Gasteiger partial charge in [-0.25, -0.2) is 0 Å². The van der Waals surface area contributed by atoms with Crippen LogP contribution in [0, 0.1) is 11.8 Å². The van der Waals surface area contributed by atoms with E-state index in [0.29, 0.717) is 5.54 Å². The molecule has 2 unspecified atom stereocenters. The van der Waals surface area contributed by atoms with E-state index in [4.69, 9.17) is 5.73 Å². The lowest BCUT2D eigenvalue weighted by molar-refractivity contribution is 0.0501. The zero-order valence-electron chi connectivity index (χ0n) is 13.9. The molecule has 0 radical (unpaired) electrons. The summed E-state index contributed by atoms with van der Waals surface area (Å²) in [5, 5.41) is 0. The molecular formula is C18H36N2. The van der Waals surface area contributed by atoms with Gasteiger partial charge in [-0.15, -0.1) is 0 Å². The van der Waals surface area contributed by atoms with Crippen LogP contribution in [0.25, 0.3) is 0 Å². The van der Waals surface area contributed by atoms with Gasteiger partial charge >= 0.3 is 0 Å². The molecule has 2 fully saturated rings. The van der Waals surface area contributed by atoms with Crippen LogP contribution in [0.1, 0.15) is 78.1 Å². The molecule has 0 heterocycles. The van der Waals surface area contributed by atoms with Crippen molar-refractivity contribution in [2.24, 2.45) is 17.6 Å². The van der Waals surface area contributed by atoms with E-state index in [0.717, 1.165) is 18.4 Å². The van der Waals surface area contributed by atoms with Crippen molar-refractivity contribution < 1.29 is 0 Å². The lowest BCUT2D eigenvalue weighted by Gasteiger charge is -2.46. The molecular weight excluding hydrogens is 244 g/mol. The quantitative estimate of drug-likeness (QED) is 0.709. The number of likely N-dealkylation sites (N-methyl/N-ethyl adjacent to an activating group) is 1. The average molecular weight is 280 g/mol. The minimum atomic E-state index is 0.326. The molecule has 2 heteroatoms. The molecule has 0 amide bonds. The van der Waals surface area contributed by atoms with Crippen LogP contribution in [0.4, 0.5) is 0 Å². The normalized spacial score (nSPS) is 32.1. The van der Waals surface area contributed by atoms with Crippen molar-refractivity contribution in [2.45, 2.75) is 83.6 Å². The number of nitrogens with two attached hydrogens (primary N) is 1. The first-order chi connectivity index (χ1) is 9.74.